The van der Waals surface area contributed by atoms with Crippen LogP contribution < -0.4 is 4.74 Å². The first-order chi connectivity index (χ1) is 9.02. The fraction of sp³-hybridized carbons (Fsp3) is 0.333. The third-order valence-electron chi connectivity index (χ3n) is 2.37. The maximum atomic E-state index is 5.62. The lowest BCUT2D eigenvalue weighted by molar-refractivity contribution is 0.242. The van der Waals surface area contributed by atoms with Crippen LogP contribution in [0.4, 0.5) is 0 Å². The van der Waals surface area contributed by atoms with Crippen LogP contribution in [0.15, 0.2) is 40.4 Å². The number of aromatic nitrogens is 2. The topological polar surface area (TPSA) is 35.0 Å². The molecule has 3 nitrogen and oxygen atoms in total. The lowest BCUT2D eigenvalue weighted by atomic mass is 10.3. The number of rotatable bonds is 4. The molecule has 2 rings (SSSR count). The molecule has 1 aromatic carbocycles. The van der Waals surface area contributed by atoms with Crippen molar-refractivity contribution in [3.05, 3.63) is 41.7 Å². The van der Waals surface area contributed by atoms with Crippen molar-refractivity contribution in [2.75, 3.05) is 0 Å². The van der Waals surface area contributed by atoms with Crippen LogP contribution >= 0.6 is 11.8 Å². The van der Waals surface area contributed by atoms with Crippen LogP contribution in [-0.2, 0) is 0 Å². The molecule has 0 aliphatic rings. The quantitative estimate of drug-likeness (QED) is 0.788. The molecule has 100 valence electrons. The van der Waals surface area contributed by atoms with Crippen LogP contribution in [0, 0.1) is 13.8 Å². The molecule has 0 N–H and O–H groups in total. The Labute approximate surface area is 118 Å². The molecule has 0 spiro atoms. The van der Waals surface area contributed by atoms with Crippen molar-refractivity contribution in [2.45, 2.75) is 43.9 Å². The molecule has 0 aliphatic heterocycles. The lowest BCUT2D eigenvalue weighted by Crippen LogP contribution is -2.05. The Hall–Kier alpha value is -1.55. The highest BCUT2D eigenvalue weighted by Gasteiger charge is 2.03. The van der Waals surface area contributed by atoms with Crippen LogP contribution in [0.3, 0.4) is 0 Å². The summed E-state index contributed by atoms with van der Waals surface area (Å²) >= 11 is 1.57. The summed E-state index contributed by atoms with van der Waals surface area (Å²) < 4.78 is 5.62. The van der Waals surface area contributed by atoms with Crippen LogP contribution in [0.2, 0.25) is 0 Å². The first-order valence-electron chi connectivity index (χ1n) is 6.30. The zero-order valence-corrected chi connectivity index (χ0v) is 12.5. The minimum atomic E-state index is 0.196. The molecule has 2 aromatic rings. The van der Waals surface area contributed by atoms with Crippen LogP contribution in [0.1, 0.15) is 25.2 Å². The minimum Gasteiger partial charge on any atom is -0.491 e. The molecule has 1 heterocycles. The predicted molar refractivity (Wildman–Crippen MR) is 77.8 cm³/mol. The first kappa shape index (κ1) is 13.9. The summed E-state index contributed by atoms with van der Waals surface area (Å²) in [7, 11) is 0. The van der Waals surface area contributed by atoms with Gasteiger partial charge in [-0.1, -0.05) is 0 Å². The summed E-state index contributed by atoms with van der Waals surface area (Å²) in [4.78, 5) is 9.95. The first-order valence-corrected chi connectivity index (χ1v) is 7.11. The maximum absolute atomic E-state index is 5.62. The van der Waals surface area contributed by atoms with Gasteiger partial charge in [-0.2, -0.15) is 0 Å². The van der Waals surface area contributed by atoms with E-state index in [4.69, 9.17) is 4.74 Å². The monoisotopic (exact) mass is 274 g/mol. The van der Waals surface area contributed by atoms with E-state index in [0.29, 0.717) is 0 Å². The number of hydrogen-bond acceptors (Lipinski definition) is 4. The molecular formula is C15H18N2OS. The summed E-state index contributed by atoms with van der Waals surface area (Å²) in [5.74, 6) is 0.890. The molecule has 0 amide bonds. The van der Waals surface area contributed by atoms with Crippen LogP contribution in [0.25, 0.3) is 0 Å². The van der Waals surface area contributed by atoms with Crippen molar-refractivity contribution in [3.8, 4) is 5.75 Å². The fourth-order valence-electron chi connectivity index (χ4n) is 1.70. The largest absolute Gasteiger partial charge is 0.491 e. The van der Waals surface area contributed by atoms with E-state index in [2.05, 4.69) is 9.97 Å². The van der Waals surface area contributed by atoms with E-state index in [9.17, 15) is 0 Å². The molecule has 0 saturated heterocycles. The predicted octanol–water partition coefficient (Wildman–Crippen LogP) is 4.03. The van der Waals surface area contributed by atoms with E-state index >= 15 is 0 Å². The molecule has 0 aliphatic carbocycles. The zero-order chi connectivity index (χ0) is 13.8. The van der Waals surface area contributed by atoms with Crippen LogP contribution in [0.5, 0.6) is 5.75 Å². The van der Waals surface area contributed by atoms with Gasteiger partial charge in [0.25, 0.3) is 0 Å². The second-order valence-electron chi connectivity index (χ2n) is 4.67. The van der Waals surface area contributed by atoms with Gasteiger partial charge >= 0.3 is 0 Å². The zero-order valence-electron chi connectivity index (χ0n) is 11.7. The number of nitrogens with zero attached hydrogens (tertiary/aromatic N) is 2. The Kier molecular flexibility index (Phi) is 4.43. The van der Waals surface area contributed by atoms with Gasteiger partial charge in [-0.15, -0.1) is 0 Å². The van der Waals surface area contributed by atoms with Gasteiger partial charge in [0, 0.05) is 16.3 Å². The van der Waals surface area contributed by atoms with E-state index in [-0.39, 0.29) is 6.10 Å². The maximum Gasteiger partial charge on any atom is 0.192 e. The van der Waals surface area contributed by atoms with E-state index in [0.717, 1.165) is 27.2 Å². The fourth-order valence-corrected chi connectivity index (χ4v) is 2.57. The second kappa shape index (κ2) is 6.06. The molecule has 0 radical (unpaired) electrons. The van der Waals surface area contributed by atoms with Crippen molar-refractivity contribution in [2.24, 2.45) is 0 Å². The molecule has 4 heteroatoms. The van der Waals surface area contributed by atoms with Crippen LogP contribution in [-0.4, -0.2) is 16.1 Å². The third kappa shape index (κ3) is 4.24. The Morgan fingerprint density at radius 1 is 1.00 bits per heavy atom. The Morgan fingerprint density at radius 2 is 1.58 bits per heavy atom. The van der Waals surface area contributed by atoms with E-state index in [1.807, 2.05) is 58.0 Å². The second-order valence-corrected chi connectivity index (χ2v) is 5.71. The minimum absolute atomic E-state index is 0.196. The van der Waals surface area contributed by atoms with Gasteiger partial charge in [0.1, 0.15) is 5.75 Å². The van der Waals surface area contributed by atoms with Gasteiger partial charge in [-0.25, -0.2) is 9.97 Å². The molecule has 0 unspecified atom stereocenters. The summed E-state index contributed by atoms with van der Waals surface area (Å²) in [5.41, 5.74) is 1.99. The number of benzene rings is 1. The summed E-state index contributed by atoms with van der Waals surface area (Å²) in [6.45, 7) is 8.01. The summed E-state index contributed by atoms with van der Waals surface area (Å²) in [5, 5.41) is 0.787. The van der Waals surface area contributed by atoms with Gasteiger partial charge in [-0.3, -0.25) is 0 Å². The third-order valence-corrected chi connectivity index (χ3v) is 3.24. The molecule has 0 fully saturated rings. The normalized spacial score (nSPS) is 10.8. The molecular weight excluding hydrogens is 256 g/mol. The summed E-state index contributed by atoms with van der Waals surface area (Å²) in [6, 6.07) is 9.99. The van der Waals surface area contributed by atoms with E-state index in [1.165, 1.54) is 0 Å². The van der Waals surface area contributed by atoms with Crippen molar-refractivity contribution < 1.29 is 4.74 Å². The van der Waals surface area contributed by atoms with Crippen molar-refractivity contribution >= 4 is 11.8 Å². The number of aryl methyl sites for hydroxylation is 2. The lowest BCUT2D eigenvalue weighted by Gasteiger charge is -2.09. The van der Waals surface area contributed by atoms with Gasteiger partial charge in [0.15, 0.2) is 5.16 Å². The molecule has 1 aromatic heterocycles. The molecule has 0 saturated carbocycles. The van der Waals surface area contributed by atoms with Crippen molar-refractivity contribution in [3.63, 3.8) is 0 Å². The summed E-state index contributed by atoms with van der Waals surface area (Å²) in [6.07, 6.45) is 0.196. The highest BCUT2D eigenvalue weighted by molar-refractivity contribution is 7.99. The number of ether oxygens (including phenoxy) is 1. The Bertz CT molecular complexity index is 532. The molecule has 19 heavy (non-hydrogen) atoms. The van der Waals surface area contributed by atoms with Gasteiger partial charge in [-0.05, 0) is 69.8 Å². The SMILES string of the molecule is Cc1cc(C)nc(Sc2ccc(OC(C)C)cc2)n1. The average molecular weight is 274 g/mol. The van der Waals surface area contributed by atoms with Gasteiger partial charge in [0.2, 0.25) is 0 Å². The van der Waals surface area contributed by atoms with Crippen molar-refractivity contribution in [1.82, 2.24) is 9.97 Å². The van der Waals surface area contributed by atoms with E-state index < -0.39 is 0 Å². The highest BCUT2D eigenvalue weighted by Crippen LogP contribution is 2.27. The van der Waals surface area contributed by atoms with E-state index in [1.54, 1.807) is 11.8 Å². The average Bonchev–Trinajstić information content (AvgIpc) is 2.29. The standard InChI is InChI=1S/C15H18N2OS/c1-10(2)18-13-5-7-14(8-6-13)19-15-16-11(3)9-12(4)17-15/h5-10H,1-4H3. The van der Waals surface area contributed by atoms with Crippen molar-refractivity contribution in [1.29, 1.82) is 0 Å². The Balaban J connectivity index is 2.10. The van der Waals surface area contributed by atoms with Gasteiger partial charge in [0.05, 0.1) is 6.10 Å². The smallest absolute Gasteiger partial charge is 0.192 e. The Morgan fingerprint density at radius 3 is 2.11 bits per heavy atom. The number of hydrogen-bond donors (Lipinski definition) is 0. The van der Waals surface area contributed by atoms with Gasteiger partial charge < -0.3 is 4.74 Å². The molecule has 0 atom stereocenters. The highest BCUT2D eigenvalue weighted by atomic mass is 32.2. The molecule has 0 bridgehead atoms.